The van der Waals surface area contributed by atoms with Crippen LogP contribution in [0.25, 0.3) is 32.7 Å². The Kier molecular flexibility index (Phi) is 2.90. The van der Waals surface area contributed by atoms with Crippen molar-refractivity contribution < 1.29 is 8.78 Å². The van der Waals surface area contributed by atoms with Crippen molar-refractivity contribution in [2.45, 2.75) is 0 Å². The lowest BCUT2D eigenvalue weighted by Gasteiger charge is -2.10. The van der Waals surface area contributed by atoms with Gasteiger partial charge < -0.3 is 0 Å². The maximum atomic E-state index is 14.8. The van der Waals surface area contributed by atoms with Crippen molar-refractivity contribution in [2.24, 2.45) is 0 Å². The molecule has 0 aliphatic rings. The summed E-state index contributed by atoms with van der Waals surface area (Å²) >= 11 is 0. The fraction of sp³-hybridized carbons (Fsp3) is 0. The zero-order valence-corrected chi connectivity index (χ0v) is 11.7. The topological polar surface area (TPSA) is 0 Å². The van der Waals surface area contributed by atoms with Gasteiger partial charge in [-0.05, 0) is 10.8 Å². The van der Waals surface area contributed by atoms with Gasteiger partial charge in [0.15, 0.2) is 0 Å². The van der Waals surface area contributed by atoms with Crippen molar-refractivity contribution in [3.63, 3.8) is 0 Å². The molecule has 0 amide bonds. The summed E-state index contributed by atoms with van der Waals surface area (Å²) in [6, 6.07) is 21.3. The molecule has 0 spiro atoms. The molecule has 0 aliphatic carbocycles. The average Bonchev–Trinajstić information content (AvgIpc) is 2.57. The average molecular weight is 290 g/mol. The Balaban J connectivity index is 2.03. The van der Waals surface area contributed by atoms with Gasteiger partial charge in [0.1, 0.15) is 11.6 Å². The van der Waals surface area contributed by atoms with Gasteiger partial charge in [0.25, 0.3) is 0 Å². The molecule has 0 bridgehead atoms. The van der Waals surface area contributed by atoms with Crippen LogP contribution in [0.1, 0.15) is 0 Å². The van der Waals surface area contributed by atoms with Gasteiger partial charge in [0.2, 0.25) is 0 Å². The Hall–Kier alpha value is -2.74. The first-order chi connectivity index (χ1) is 10.8. The standard InChI is InChI=1S/C20H12F2/c21-19-15-7-3-1-5-13(15)9-11-17(19)18-12-10-14-6-2-4-8-16(14)20(18)22/h1-12H. The van der Waals surface area contributed by atoms with Gasteiger partial charge in [-0.1, -0.05) is 72.8 Å². The van der Waals surface area contributed by atoms with Crippen LogP contribution in [-0.2, 0) is 0 Å². The number of hydrogen-bond donors (Lipinski definition) is 0. The van der Waals surface area contributed by atoms with Crippen LogP contribution in [-0.4, -0.2) is 0 Å². The number of benzene rings is 4. The Morgan fingerprint density at radius 1 is 0.455 bits per heavy atom. The van der Waals surface area contributed by atoms with E-state index in [0.717, 1.165) is 10.8 Å². The van der Waals surface area contributed by atoms with E-state index in [1.807, 2.05) is 36.4 Å². The predicted octanol–water partition coefficient (Wildman–Crippen LogP) is 5.94. The van der Waals surface area contributed by atoms with Crippen LogP contribution >= 0.6 is 0 Å². The quantitative estimate of drug-likeness (QED) is 0.407. The van der Waals surface area contributed by atoms with E-state index in [1.54, 1.807) is 36.4 Å². The minimum atomic E-state index is -0.382. The highest BCUT2D eigenvalue weighted by atomic mass is 19.1. The zero-order chi connectivity index (χ0) is 15.1. The fourth-order valence-electron chi connectivity index (χ4n) is 2.88. The maximum absolute atomic E-state index is 14.8. The molecule has 0 fully saturated rings. The largest absolute Gasteiger partial charge is 0.206 e. The summed E-state index contributed by atoms with van der Waals surface area (Å²) < 4.78 is 29.5. The Morgan fingerprint density at radius 3 is 1.32 bits per heavy atom. The van der Waals surface area contributed by atoms with E-state index < -0.39 is 0 Å². The van der Waals surface area contributed by atoms with E-state index in [2.05, 4.69) is 0 Å². The molecule has 0 saturated heterocycles. The first-order valence-corrected chi connectivity index (χ1v) is 7.10. The molecule has 4 rings (SSSR count). The van der Waals surface area contributed by atoms with E-state index in [1.165, 1.54) is 0 Å². The zero-order valence-electron chi connectivity index (χ0n) is 11.7. The van der Waals surface area contributed by atoms with Crippen LogP contribution in [0.15, 0.2) is 72.8 Å². The molecule has 0 saturated carbocycles. The number of halogens is 2. The SMILES string of the molecule is Fc1c(-c2ccc3ccccc3c2F)ccc2ccccc12. The lowest BCUT2D eigenvalue weighted by molar-refractivity contribution is 0.628. The molecule has 0 heterocycles. The first-order valence-electron chi connectivity index (χ1n) is 7.10. The normalized spacial score (nSPS) is 11.2. The molecular formula is C20H12F2. The van der Waals surface area contributed by atoms with Crippen LogP contribution in [0.3, 0.4) is 0 Å². The van der Waals surface area contributed by atoms with E-state index in [0.29, 0.717) is 21.9 Å². The second kappa shape index (κ2) is 4.92. The van der Waals surface area contributed by atoms with E-state index >= 15 is 0 Å². The van der Waals surface area contributed by atoms with Crippen molar-refractivity contribution in [2.75, 3.05) is 0 Å². The van der Waals surface area contributed by atoms with Crippen molar-refractivity contribution >= 4 is 21.5 Å². The molecule has 0 aliphatic heterocycles. The van der Waals surface area contributed by atoms with Crippen LogP contribution in [0, 0.1) is 11.6 Å². The van der Waals surface area contributed by atoms with Crippen LogP contribution in [0.4, 0.5) is 8.78 Å². The summed E-state index contributed by atoms with van der Waals surface area (Å²) in [7, 11) is 0. The number of fused-ring (bicyclic) bond motifs is 2. The molecule has 0 radical (unpaired) electrons. The molecule has 4 aromatic carbocycles. The number of rotatable bonds is 1. The monoisotopic (exact) mass is 290 g/mol. The van der Waals surface area contributed by atoms with Gasteiger partial charge in [0, 0.05) is 21.9 Å². The van der Waals surface area contributed by atoms with Gasteiger partial charge in [0.05, 0.1) is 0 Å². The minimum absolute atomic E-state index is 0.293. The molecule has 22 heavy (non-hydrogen) atoms. The van der Waals surface area contributed by atoms with Crippen LogP contribution in [0.5, 0.6) is 0 Å². The summed E-state index contributed by atoms with van der Waals surface area (Å²) in [5, 5.41) is 2.63. The van der Waals surface area contributed by atoms with E-state index in [-0.39, 0.29) is 11.6 Å². The predicted molar refractivity (Wildman–Crippen MR) is 86.8 cm³/mol. The van der Waals surface area contributed by atoms with Crippen LogP contribution in [0.2, 0.25) is 0 Å². The molecule has 106 valence electrons. The van der Waals surface area contributed by atoms with Crippen molar-refractivity contribution in [3.05, 3.63) is 84.4 Å². The highest BCUT2D eigenvalue weighted by molar-refractivity contribution is 5.92. The van der Waals surface area contributed by atoms with Gasteiger partial charge in [-0.3, -0.25) is 0 Å². The second-order valence-electron chi connectivity index (χ2n) is 5.30. The molecule has 0 atom stereocenters. The smallest absolute Gasteiger partial charge is 0.138 e. The lowest BCUT2D eigenvalue weighted by Crippen LogP contribution is -1.91. The Bertz CT molecular complexity index is 920. The Morgan fingerprint density at radius 2 is 0.864 bits per heavy atom. The van der Waals surface area contributed by atoms with Crippen molar-refractivity contribution in [1.82, 2.24) is 0 Å². The third-order valence-corrected chi connectivity index (χ3v) is 4.02. The van der Waals surface area contributed by atoms with E-state index in [9.17, 15) is 8.78 Å². The first kappa shape index (κ1) is 13.0. The third-order valence-electron chi connectivity index (χ3n) is 4.02. The molecule has 0 nitrogen and oxygen atoms in total. The molecular weight excluding hydrogens is 278 g/mol. The van der Waals surface area contributed by atoms with Gasteiger partial charge in [-0.15, -0.1) is 0 Å². The molecule has 0 aromatic heterocycles. The fourth-order valence-corrected chi connectivity index (χ4v) is 2.88. The second-order valence-corrected chi connectivity index (χ2v) is 5.30. The maximum Gasteiger partial charge on any atom is 0.138 e. The molecule has 2 heteroatoms. The summed E-state index contributed by atoms with van der Waals surface area (Å²) in [5.41, 5.74) is 0.587. The van der Waals surface area contributed by atoms with Crippen molar-refractivity contribution in [3.8, 4) is 11.1 Å². The summed E-state index contributed by atoms with van der Waals surface area (Å²) in [6.07, 6.45) is 0. The lowest BCUT2D eigenvalue weighted by atomic mass is 9.97. The summed E-state index contributed by atoms with van der Waals surface area (Å²) in [5.74, 6) is -0.764. The Labute approximate surface area is 126 Å². The highest BCUT2D eigenvalue weighted by Crippen LogP contribution is 2.33. The van der Waals surface area contributed by atoms with Gasteiger partial charge in [-0.25, -0.2) is 8.78 Å². The van der Waals surface area contributed by atoms with Crippen LogP contribution < -0.4 is 0 Å². The minimum Gasteiger partial charge on any atom is -0.206 e. The molecule has 0 unspecified atom stereocenters. The third kappa shape index (κ3) is 1.88. The van der Waals surface area contributed by atoms with Gasteiger partial charge >= 0.3 is 0 Å². The van der Waals surface area contributed by atoms with Gasteiger partial charge in [-0.2, -0.15) is 0 Å². The van der Waals surface area contributed by atoms with Crippen molar-refractivity contribution in [1.29, 1.82) is 0 Å². The molecule has 4 aromatic rings. The number of hydrogen-bond acceptors (Lipinski definition) is 0. The summed E-state index contributed by atoms with van der Waals surface area (Å²) in [6.45, 7) is 0. The van der Waals surface area contributed by atoms with E-state index in [4.69, 9.17) is 0 Å². The summed E-state index contributed by atoms with van der Waals surface area (Å²) in [4.78, 5) is 0. The molecule has 0 N–H and O–H groups in total. The highest BCUT2D eigenvalue weighted by Gasteiger charge is 2.14.